The van der Waals surface area contributed by atoms with Crippen molar-refractivity contribution in [2.45, 2.75) is 31.9 Å². The van der Waals surface area contributed by atoms with Crippen molar-refractivity contribution in [3.63, 3.8) is 0 Å². The lowest BCUT2D eigenvalue weighted by atomic mass is 9.88. The van der Waals surface area contributed by atoms with E-state index in [-0.39, 0.29) is 30.8 Å². The van der Waals surface area contributed by atoms with Crippen LogP contribution in [-0.2, 0) is 19.1 Å². The Morgan fingerprint density at radius 2 is 1.68 bits per heavy atom. The number of aliphatic carboxylic acids is 1. The van der Waals surface area contributed by atoms with Crippen LogP contribution in [0.1, 0.15) is 40.2 Å². The molecule has 1 fully saturated rings. The van der Waals surface area contributed by atoms with Crippen LogP contribution < -0.4 is 10.4 Å². The molecule has 2 aromatic carbocycles. The number of carboxylic acids is 1. The third-order valence-corrected chi connectivity index (χ3v) is 6.69. The van der Waals surface area contributed by atoms with Crippen molar-refractivity contribution in [3.8, 4) is 0 Å². The van der Waals surface area contributed by atoms with Crippen LogP contribution in [0.2, 0.25) is 0 Å². The van der Waals surface area contributed by atoms with Gasteiger partial charge in [0.15, 0.2) is 13.1 Å². The van der Waals surface area contributed by atoms with E-state index in [1.165, 1.54) is 12.7 Å². The number of aryl methyl sites for hydroxylation is 1. The molecule has 9 nitrogen and oxygen atoms in total. The molecule has 2 amide bonds. The molecule has 1 heterocycles. The number of amides is 2. The Kier molecular flexibility index (Phi) is 11.2. The number of carbonyl (C=O) groups excluding carboxylic acids is 4. The second kappa shape index (κ2) is 13.9. The van der Waals surface area contributed by atoms with E-state index in [0.29, 0.717) is 22.3 Å². The SMILES string of the molecule is COC(=O)c1cccc(C)c1NC(=O)C[N+]1(CC(=O)N(C)C)CCCC(c2ccccc2)C1.O=C([O-])C(F)(F)F. The summed E-state index contributed by atoms with van der Waals surface area (Å²) in [6.45, 7) is 3.75. The molecular formula is C28H34F3N3O6. The monoisotopic (exact) mass is 565 g/mol. The van der Waals surface area contributed by atoms with Gasteiger partial charge in [-0.15, -0.1) is 0 Å². The Bertz CT molecular complexity index is 1200. The molecule has 1 N–H and O–H groups in total. The number of anilines is 1. The molecule has 218 valence electrons. The van der Waals surface area contributed by atoms with Crippen LogP contribution in [-0.4, -0.2) is 86.7 Å². The number of carboxylic acid groups (broad SMARTS) is 1. The Labute approximate surface area is 231 Å². The first-order chi connectivity index (χ1) is 18.7. The van der Waals surface area contributed by atoms with E-state index < -0.39 is 18.1 Å². The highest BCUT2D eigenvalue weighted by molar-refractivity contribution is 6.02. The molecule has 12 heteroatoms. The quantitative estimate of drug-likeness (QED) is 0.408. The zero-order valence-electron chi connectivity index (χ0n) is 22.9. The number of hydrogen-bond donors (Lipinski definition) is 1. The first-order valence-corrected chi connectivity index (χ1v) is 12.5. The third kappa shape index (κ3) is 9.08. The van der Waals surface area contributed by atoms with Crippen molar-refractivity contribution >= 4 is 29.4 Å². The number of nitrogens with zero attached hydrogens (tertiary/aromatic N) is 2. The Morgan fingerprint density at radius 1 is 1.05 bits per heavy atom. The molecule has 0 saturated carbocycles. The average Bonchev–Trinajstić information content (AvgIpc) is 2.89. The van der Waals surface area contributed by atoms with Crippen LogP contribution in [0, 0.1) is 6.92 Å². The number of likely N-dealkylation sites (N-methyl/N-ethyl adjacent to an activating group) is 1. The van der Waals surface area contributed by atoms with Crippen molar-refractivity contribution in [3.05, 3.63) is 65.2 Å². The fourth-order valence-electron chi connectivity index (χ4n) is 4.69. The number of piperidine rings is 1. The van der Waals surface area contributed by atoms with Crippen molar-refractivity contribution in [1.29, 1.82) is 0 Å². The molecule has 2 aromatic rings. The summed E-state index contributed by atoms with van der Waals surface area (Å²) >= 11 is 0. The van der Waals surface area contributed by atoms with Gasteiger partial charge in [0.05, 0.1) is 31.5 Å². The molecule has 2 unspecified atom stereocenters. The maximum atomic E-state index is 13.3. The molecule has 1 aliphatic rings. The molecule has 0 aromatic heterocycles. The van der Waals surface area contributed by atoms with Crippen molar-refractivity contribution in [2.75, 3.05) is 52.7 Å². The number of carbonyl (C=O) groups is 4. The predicted molar refractivity (Wildman–Crippen MR) is 139 cm³/mol. The van der Waals surface area contributed by atoms with E-state index >= 15 is 0 Å². The van der Waals surface area contributed by atoms with Gasteiger partial charge in [-0.3, -0.25) is 9.59 Å². The second-order valence-corrected chi connectivity index (χ2v) is 9.92. The van der Waals surface area contributed by atoms with Crippen LogP contribution in [0.25, 0.3) is 0 Å². The van der Waals surface area contributed by atoms with Gasteiger partial charge in [-0.1, -0.05) is 42.5 Å². The average molecular weight is 566 g/mol. The van der Waals surface area contributed by atoms with E-state index in [0.717, 1.165) is 24.9 Å². The number of methoxy groups -OCH3 is 1. The number of benzene rings is 2. The number of likely N-dealkylation sites (tertiary alicyclic amines) is 1. The van der Waals surface area contributed by atoms with Gasteiger partial charge in [-0.2, -0.15) is 13.2 Å². The van der Waals surface area contributed by atoms with Crippen molar-refractivity contribution in [2.24, 2.45) is 0 Å². The fourth-order valence-corrected chi connectivity index (χ4v) is 4.69. The van der Waals surface area contributed by atoms with Gasteiger partial charge in [0.2, 0.25) is 0 Å². The zero-order valence-corrected chi connectivity index (χ0v) is 22.9. The number of rotatable bonds is 7. The first-order valence-electron chi connectivity index (χ1n) is 12.5. The van der Waals surface area contributed by atoms with E-state index in [2.05, 4.69) is 17.4 Å². The molecule has 3 rings (SSSR count). The van der Waals surface area contributed by atoms with Crippen molar-refractivity contribution < 1.29 is 46.7 Å². The predicted octanol–water partition coefficient (Wildman–Crippen LogP) is 2.50. The highest BCUT2D eigenvalue weighted by Gasteiger charge is 2.40. The summed E-state index contributed by atoms with van der Waals surface area (Å²) in [5.74, 6) is -3.43. The smallest absolute Gasteiger partial charge is 0.430 e. The maximum absolute atomic E-state index is 13.3. The van der Waals surface area contributed by atoms with Gasteiger partial charge in [0.25, 0.3) is 11.8 Å². The van der Waals surface area contributed by atoms with Gasteiger partial charge >= 0.3 is 12.1 Å². The Balaban J connectivity index is 0.000000708. The largest absolute Gasteiger partial charge is 0.542 e. The van der Waals surface area contributed by atoms with Crippen LogP contribution in [0.4, 0.5) is 18.9 Å². The maximum Gasteiger partial charge on any atom is 0.430 e. The summed E-state index contributed by atoms with van der Waals surface area (Å²) in [5, 5.41) is 11.7. The molecule has 0 spiro atoms. The number of alkyl halides is 3. The van der Waals surface area contributed by atoms with E-state index in [1.807, 2.05) is 31.2 Å². The number of esters is 1. The zero-order chi connectivity index (χ0) is 30.1. The second-order valence-electron chi connectivity index (χ2n) is 9.92. The number of hydrogen-bond acceptors (Lipinski definition) is 6. The topological polar surface area (TPSA) is 116 Å². The summed E-state index contributed by atoms with van der Waals surface area (Å²) in [4.78, 5) is 48.6. The normalized spacial score (nSPS) is 18.5. The Morgan fingerprint density at radius 3 is 2.23 bits per heavy atom. The van der Waals surface area contributed by atoms with E-state index in [4.69, 9.17) is 14.6 Å². The number of halogens is 3. The Hall–Kier alpha value is -3.93. The lowest BCUT2D eigenvalue weighted by molar-refractivity contribution is -0.919. The summed E-state index contributed by atoms with van der Waals surface area (Å²) in [6, 6.07) is 15.5. The molecular weight excluding hydrogens is 531 g/mol. The summed E-state index contributed by atoms with van der Waals surface area (Å²) in [5.41, 5.74) is 2.80. The van der Waals surface area contributed by atoms with E-state index in [1.54, 1.807) is 31.1 Å². The standard InChI is InChI=1S/C26H33N3O4.C2HF3O2/c1-19-10-8-14-22(26(32)33-4)25(19)27-23(30)17-29(18-24(31)28(2)3)15-9-13-21(16-29)20-11-6-5-7-12-20;3-2(4,5)1(6)7/h5-8,10-12,14,21H,9,13,15-18H2,1-4H3;(H,6,7). The molecule has 2 atom stereocenters. The lowest BCUT2D eigenvalue weighted by Crippen LogP contribution is -2.60. The minimum absolute atomic E-state index is 0.00246. The molecule has 0 aliphatic carbocycles. The number of ether oxygens (including phenoxy) is 1. The summed E-state index contributed by atoms with van der Waals surface area (Å²) < 4.78 is 36.8. The minimum atomic E-state index is -5.19. The van der Waals surface area contributed by atoms with Gasteiger partial charge in [-0.25, -0.2) is 4.79 Å². The lowest BCUT2D eigenvalue weighted by Gasteiger charge is -2.44. The first kappa shape index (κ1) is 32.3. The van der Waals surface area contributed by atoms with Gasteiger partial charge in [0, 0.05) is 20.0 Å². The number of nitrogens with one attached hydrogen (secondary N) is 1. The van der Waals surface area contributed by atoms with Crippen molar-refractivity contribution in [1.82, 2.24) is 4.90 Å². The van der Waals surface area contributed by atoms with Crippen LogP contribution >= 0.6 is 0 Å². The molecule has 1 aliphatic heterocycles. The fraction of sp³-hybridized carbons (Fsp3) is 0.429. The minimum Gasteiger partial charge on any atom is -0.542 e. The molecule has 0 radical (unpaired) electrons. The highest BCUT2D eigenvalue weighted by atomic mass is 19.4. The van der Waals surface area contributed by atoms with E-state index in [9.17, 15) is 27.6 Å². The molecule has 1 saturated heterocycles. The molecule has 0 bridgehead atoms. The van der Waals surface area contributed by atoms with Gasteiger partial charge in [0.1, 0.15) is 5.97 Å². The number of para-hydroxylation sites is 1. The van der Waals surface area contributed by atoms with Gasteiger partial charge in [-0.05, 0) is 37.0 Å². The summed E-state index contributed by atoms with van der Waals surface area (Å²) in [6.07, 6.45) is -3.22. The number of quaternary nitrogens is 1. The summed E-state index contributed by atoms with van der Waals surface area (Å²) in [7, 11) is 4.81. The molecule has 40 heavy (non-hydrogen) atoms. The van der Waals surface area contributed by atoms with Crippen LogP contribution in [0.15, 0.2) is 48.5 Å². The highest BCUT2D eigenvalue weighted by Crippen LogP contribution is 2.32. The third-order valence-electron chi connectivity index (χ3n) is 6.69. The van der Waals surface area contributed by atoms with Crippen LogP contribution in [0.3, 0.4) is 0 Å². The van der Waals surface area contributed by atoms with Crippen LogP contribution in [0.5, 0.6) is 0 Å². The van der Waals surface area contributed by atoms with Gasteiger partial charge < -0.3 is 29.3 Å².